The van der Waals surface area contributed by atoms with Crippen molar-refractivity contribution in [3.8, 4) is 0 Å². The standard InChI is InChI=1S/C9H17NO2/c1-7-3-4-8(2)10(5-7)6-9(11)12/h7-8H,3-6H2,1-2H3,(H,11,12). The first kappa shape index (κ1) is 9.52. The largest absolute Gasteiger partial charge is 0.480 e. The van der Waals surface area contributed by atoms with Crippen molar-refractivity contribution in [2.75, 3.05) is 13.1 Å². The highest BCUT2D eigenvalue weighted by molar-refractivity contribution is 5.69. The number of carboxylic acids is 1. The van der Waals surface area contributed by atoms with Crippen LogP contribution in [0.2, 0.25) is 0 Å². The van der Waals surface area contributed by atoms with Gasteiger partial charge in [-0.15, -0.1) is 0 Å². The zero-order chi connectivity index (χ0) is 9.14. The number of aliphatic carboxylic acids is 1. The normalized spacial score (nSPS) is 31.8. The predicted molar refractivity (Wildman–Crippen MR) is 47.1 cm³/mol. The van der Waals surface area contributed by atoms with Gasteiger partial charge in [0.2, 0.25) is 0 Å². The van der Waals surface area contributed by atoms with Gasteiger partial charge in [-0.2, -0.15) is 0 Å². The molecule has 3 nitrogen and oxygen atoms in total. The summed E-state index contributed by atoms with van der Waals surface area (Å²) < 4.78 is 0. The van der Waals surface area contributed by atoms with Gasteiger partial charge in [-0.3, -0.25) is 9.69 Å². The van der Waals surface area contributed by atoms with Gasteiger partial charge in [0.1, 0.15) is 0 Å². The molecule has 12 heavy (non-hydrogen) atoms. The molecule has 1 fully saturated rings. The van der Waals surface area contributed by atoms with Crippen LogP contribution in [-0.4, -0.2) is 35.1 Å². The number of likely N-dealkylation sites (tertiary alicyclic amines) is 1. The van der Waals surface area contributed by atoms with Gasteiger partial charge in [0.05, 0.1) is 6.54 Å². The van der Waals surface area contributed by atoms with Gasteiger partial charge in [-0.05, 0) is 25.7 Å². The Morgan fingerprint density at radius 2 is 2.17 bits per heavy atom. The Labute approximate surface area is 73.4 Å². The molecule has 0 aromatic carbocycles. The second-order valence-corrected chi connectivity index (χ2v) is 3.85. The summed E-state index contributed by atoms with van der Waals surface area (Å²) in [6.45, 7) is 5.43. The van der Waals surface area contributed by atoms with Crippen molar-refractivity contribution in [2.24, 2.45) is 5.92 Å². The van der Waals surface area contributed by atoms with E-state index in [4.69, 9.17) is 5.11 Å². The van der Waals surface area contributed by atoms with Crippen molar-refractivity contribution in [3.05, 3.63) is 0 Å². The van der Waals surface area contributed by atoms with E-state index in [-0.39, 0.29) is 6.54 Å². The summed E-state index contributed by atoms with van der Waals surface area (Å²) >= 11 is 0. The van der Waals surface area contributed by atoms with E-state index in [9.17, 15) is 4.79 Å². The Morgan fingerprint density at radius 3 is 2.75 bits per heavy atom. The molecule has 2 unspecified atom stereocenters. The lowest BCUT2D eigenvalue weighted by atomic mass is 9.95. The third kappa shape index (κ3) is 2.48. The third-order valence-corrected chi connectivity index (χ3v) is 2.59. The van der Waals surface area contributed by atoms with Crippen LogP contribution in [-0.2, 0) is 4.79 Å². The van der Waals surface area contributed by atoms with E-state index in [1.807, 2.05) is 0 Å². The zero-order valence-electron chi connectivity index (χ0n) is 7.79. The van der Waals surface area contributed by atoms with Crippen LogP contribution in [0.4, 0.5) is 0 Å². The van der Waals surface area contributed by atoms with Crippen molar-refractivity contribution >= 4 is 5.97 Å². The molecule has 0 amide bonds. The lowest BCUT2D eigenvalue weighted by molar-refractivity contribution is -0.139. The molecule has 1 aliphatic rings. The summed E-state index contributed by atoms with van der Waals surface area (Å²) in [6, 6.07) is 0.442. The Balaban J connectivity index is 2.43. The number of piperidine rings is 1. The van der Waals surface area contributed by atoms with Crippen LogP contribution in [0.1, 0.15) is 26.7 Å². The molecule has 1 N–H and O–H groups in total. The molecule has 2 atom stereocenters. The number of carboxylic acid groups (broad SMARTS) is 1. The molecular weight excluding hydrogens is 154 g/mol. The van der Waals surface area contributed by atoms with E-state index in [0.717, 1.165) is 13.0 Å². The van der Waals surface area contributed by atoms with Gasteiger partial charge in [0.25, 0.3) is 0 Å². The van der Waals surface area contributed by atoms with Gasteiger partial charge in [0, 0.05) is 12.6 Å². The summed E-state index contributed by atoms with van der Waals surface area (Å²) in [5.41, 5.74) is 0. The molecule has 3 heteroatoms. The Kier molecular flexibility index (Phi) is 3.09. The molecule has 1 aliphatic heterocycles. The summed E-state index contributed by atoms with van der Waals surface area (Å²) in [4.78, 5) is 12.5. The molecule has 0 saturated carbocycles. The fraction of sp³-hybridized carbons (Fsp3) is 0.889. The first-order valence-electron chi connectivity index (χ1n) is 4.55. The average molecular weight is 171 g/mol. The monoisotopic (exact) mass is 171 g/mol. The second kappa shape index (κ2) is 3.90. The first-order valence-corrected chi connectivity index (χ1v) is 4.55. The first-order chi connectivity index (χ1) is 5.59. The van der Waals surface area contributed by atoms with Crippen LogP contribution in [0.5, 0.6) is 0 Å². The molecule has 0 radical (unpaired) electrons. The average Bonchev–Trinajstić information content (AvgIpc) is 1.96. The van der Waals surface area contributed by atoms with E-state index >= 15 is 0 Å². The Morgan fingerprint density at radius 1 is 1.50 bits per heavy atom. The molecule has 1 heterocycles. The molecule has 0 bridgehead atoms. The number of rotatable bonds is 2. The number of nitrogens with zero attached hydrogens (tertiary/aromatic N) is 1. The molecule has 1 saturated heterocycles. The summed E-state index contributed by atoms with van der Waals surface area (Å²) in [5, 5.41) is 8.63. The van der Waals surface area contributed by atoms with E-state index in [1.165, 1.54) is 6.42 Å². The summed E-state index contributed by atoms with van der Waals surface area (Å²) in [5.74, 6) is -0.0588. The lowest BCUT2D eigenvalue weighted by Gasteiger charge is -2.35. The molecular formula is C9H17NO2. The highest BCUT2D eigenvalue weighted by Gasteiger charge is 2.23. The van der Waals surface area contributed by atoms with E-state index < -0.39 is 5.97 Å². The van der Waals surface area contributed by atoms with Crippen molar-refractivity contribution in [1.82, 2.24) is 4.90 Å². The SMILES string of the molecule is CC1CCC(C)N(CC(=O)O)C1. The van der Waals surface area contributed by atoms with Crippen LogP contribution in [0.25, 0.3) is 0 Å². The Hall–Kier alpha value is -0.570. The fourth-order valence-electron chi connectivity index (χ4n) is 1.77. The second-order valence-electron chi connectivity index (χ2n) is 3.85. The maximum absolute atomic E-state index is 10.5. The van der Waals surface area contributed by atoms with Crippen LogP contribution in [0.15, 0.2) is 0 Å². The van der Waals surface area contributed by atoms with Gasteiger partial charge in [0.15, 0.2) is 0 Å². The topological polar surface area (TPSA) is 40.5 Å². The Bertz CT molecular complexity index is 170. The van der Waals surface area contributed by atoms with Crippen molar-refractivity contribution in [3.63, 3.8) is 0 Å². The minimum absolute atomic E-state index is 0.200. The molecule has 0 aromatic heterocycles. The quantitative estimate of drug-likeness (QED) is 0.678. The molecule has 1 rings (SSSR count). The smallest absolute Gasteiger partial charge is 0.317 e. The van der Waals surface area contributed by atoms with Gasteiger partial charge in [-0.1, -0.05) is 6.92 Å². The molecule has 0 aliphatic carbocycles. The highest BCUT2D eigenvalue weighted by Crippen LogP contribution is 2.20. The number of hydrogen-bond acceptors (Lipinski definition) is 2. The van der Waals surface area contributed by atoms with Crippen molar-refractivity contribution in [2.45, 2.75) is 32.7 Å². The van der Waals surface area contributed by atoms with Crippen LogP contribution < -0.4 is 0 Å². The molecule has 0 aromatic rings. The summed E-state index contributed by atoms with van der Waals surface area (Å²) in [7, 11) is 0. The summed E-state index contributed by atoms with van der Waals surface area (Å²) in [6.07, 6.45) is 2.37. The van der Waals surface area contributed by atoms with Crippen LogP contribution in [0, 0.1) is 5.92 Å². The van der Waals surface area contributed by atoms with E-state index in [2.05, 4.69) is 18.7 Å². The van der Waals surface area contributed by atoms with Gasteiger partial charge < -0.3 is 5.11 Å². The van der Waals surface area contributed by atoms with Crippen molar-refractivity contribution < 1.29 is 9.90 Å². The number of carbonyl (C=O) groups is 1. The zero-order valence-corrected chi connectivity index (χ0v) is 7.79. The number of hydrogen-bond donors (Lipinski definition) is 1. The molecule has 70 valence electrons. The van der Waals surface area contributed by atoms with Crippen molar-refractivity contribution in [1.29, 1.82) is 0 Å². The van der Waals surface area contributed by atoms with E-state index in [1.54, 1.807) is 0 Å². The maximum Gasteiger partial charge on any atom is 0.317 e. The molecule has 0 spiro atoms. The maximum atomic E-state index is 10.5. The third-order valence-electron chi connectivity index (χ3n) is 2.59. The van der Waals surface area contributed by atoms with Crippen LogP contribution >= 0.6 is 0 Å². The highest BCUT2D eigenvalue weighted by atomic mass is 16.4. The van der Waals surface area contributed by atoms with Gasteiger partial charge >= 0.3 is 5.97 Å². The van der Waals surface area contributed by atoms with Crippen LogP contribution in [0.3, 0.4) is 0 Å². The lowest BCUT2D eigenvalue weighted by Crippen LogP contribution is -2.43. The predicted octanol–water partition coefficient (Wildman–Crippen LogP) is 1.19. The minimum Gasteiger partial charge on any atom is -0.480 e. The fourth-order valence-corrected chi connectivity index (χ4v) is 1.77. The van der Waals surface area contributed by atoms with Gasteiger partial charge in [-0.25, -0.2) is 0 Å². The minimum atomic E-state index is -0.712. The van der Waals surface area contributed by atoms with E-state index in [0.29, 0.717) is 12.0 Å².